The number of nitrogens with two attached hydrogens (primary N) is 1. The second-order valence-electron chi connectivity index (χ2n) is 7.21. The molecule has 0 aromatic heterocycles. The number of benzene rings is 1. The van der Waals surface area contributed by atoms with Crippen LogP contribution in [0.15, 0.2) is 18.2 Å². The molecular formula is C20H27N3O3. The zero-order valence-corrected chi connectivity index (χ0v) is 15.1. The van der Waals surface area contributed by atoms with Gasteiger partial charge in [0.05, 0.1) is 0 Å². The van der Waals surface area contributed by atoms with Gasteiger partial charge >= 0.3 is 0 Å². The maximum atomic E-state index is 12.5. The summed E-state index contributed by atoms with van der Waals surface area (Å²) in [5.41, 5.74) is 8.56. The van der Waals surface area contributed by atoms with Crippen LogP contribution in [-0.4, -0.2) is 48.7 Å². The van der Waals surface area contributed by atoms with Crippen molar-refractivity contribution in [2.45, 2.75) is 38.5 Å². The van der Waals surface area contributed by atoms with Crippen LogP contribution in [0.2, 0.25) is 0 Å². The number of likely N-dealkylation sites (tertiary alicyclic amines) is 1. The molecule has 0 unspecified atom stereocenters. The Bertz CT molecular complexity index is 694. The van der Waals surface area contributed by atoms with Crippen molar-refractivity contribution in [3.63, 3.8) is 0 Å². The molecular weight excluding hydrogens is 330 g/mol. The van der Waals surface area contributed by atoms with Gasteiger partial charge in [0.1, 0.15) is 0 Å². The number of ketones is 1. The van der Waals surface area contributed by atoms with E-state index in [1.54, 1.807) is 4.90 Å². The number of hydrogen-bond donors (Lipinski definition) is 2. The van der Waals surface area contributed by atoms with E-state index in [0.717, 1.165) is 25.9 Å². The molecule has 0 aliphatic carbocycles. The molecule has 140 valence electrons. The van der Waals surface area contributed by atoms with Crippen molar-refractivity contribution in [3.05, 3.63) is 34.9 Å². The molecule has 6 nitrogen and oxygen atoms in total. The van der Waals surface area contributed by atoms with E-state index in [0.29, 0.717) is 31.5 Å². The van der Waals surface area contributed by atoms with Crippen LogP contribution in [0.3, 0.4) is 0 Å². The van der Waals surface area contributed by atoms with Gasteiger partial charge in [-0.15, -0.1) is 0 Å². The summed E-state index contributed by atoms with van der Waals surface area (Å²) in [4.78, 5) is 37.8. The first-order valence-electron chi connectivity index (χ1n) is 9.47. The van der Waals surface area contributed by atoms with Crippen molar-refractivity contribution in [3.8, 4) is 0 Å². The summed E-state index contributed by atoms with van der Waals surface area (Å²) in [6.45, 7) is 3.00. The standard InChI is InChI=1S/C20H27N3O3/c21-20(26)15-7-11-23(12-8-15)19(25)4-3-18(24)17-2-1-14-5-9-22-10-6-16(14)13-17/h1-2,13,15,22H,3-12H2,(H2,21,26). The fourth-order valence-electron chi connectivity index (χ4n) is 3.78. The van der Waals surface area contributed by atoms with E-state index >= 15 is 0 Å². The van der Waals surface area contributed by atoms with Gasteiger partial charge in [-0.3, -0.25) is 14.4 Å². The van der Waals surface area contributed by atoms with Crippen molar-refractivity contribution in [2.75, 3.05) is 26.2 Å². The number of nitrogens with zero attached hydrogens (tertiary/aromatic N) is 1. The molecule has 0 atom stereocenters. The van der Waals surface area contributed by atoms with Crippen LogP contribution < -0.4 is 11.1 Å². The Hall–Kier alpha value is -2.21. The molecule has 0 saturated carbocycles. The Kier molecular flexibility index (Phi) is 6.04. The van der Waals surface area contributed by atoms with Gasteiger partial charge in [-0.2, -0.15) is 0 Å². The molecule has 0 bridgehead atoms. The summed E-state index contributed by atoms with van der Waals surface area (Å²) in [5.74, 6) is -0.411. The molecule has 2 heterocycles. The number of nitrogens with one attached hydrogen (secondary N) is 1. The lowest BCUT2D eigenvalue weighted by Gasteiger charge is -2.30. The van der Waals surface area contributed by atoms with E-state index in [2.05, 4.69) is 5.32 Å². The minimum absolute atomic E-state index is 0.0137. The van der Waals surface area contributed by atoms with Gasteiger partial charge in [0.15, 0.2) is 5.78 Å². The molecule has 3 rings (SSSR count). The highest BCUT2D eigenvalue weighted by Gasteiger charge is 2.26. The normalized spacial score (nSPS) is 18.1. The Morgan fingerprint density at radius 3 is 2.42 bits per heavy atom. The van der Waals surface area contributed by atoms with Crippen molar-refractivity contribution in [1.29, 1.82) is 0 Å². The third-order valence-corrected chi connectivity index (χ3v) is 5.49. The number of rotatable bonds is 5. The van der Waals surface area contributed by atoms with Crippen LogP contribution in [0, 0.1) is 5.92 Å². The van der Waals surface area contributed by atoms with Gasteiger partial charge in [0.2, 0.25) is 11.8 Å². The minimum Gasteiger partial charge on any atom is -0.369 e. The molecule has 2 aliphatic rings. The molecule has 26 heavy (non-hydrogen) atoms. The van der Waals surface area contributed by atoms with Gasteiger partial charge in [-0.05, 0) is 56.0 Å². The molecule has 2 amide bonds. The van der Waals surface area contributed by atoms with Gasteiger partial charge < -0.3 is 16.0 Å². The fourth-order valence-corrected chi connectivity index (χ4v) is 3.78. The lowest BCUT2D eigenvalue weighted by Crippen LogP contribution is -2.41. The van der Waals surface area contributed by atoms with Crippen molar-refractivity contribution < 1.29 is 14.4 Å². The number of carbonyl (C=O) groups is 3. The number of fused-ring (bicyclic) bond motifs is 1. The lowest BCUT2D eigenvalue weighted by molar-refractivity contribution is -0.134. The number of piperidine rings is 1. The number of carbonyl (C=O) groups excluding carboxylic acids is 3. The molecule has 1 aromatic rings. The van der Waals surface area contributed by atoms with Crippen molar-refractivity contribution in [1.82, 2.24) is 10.2 Å². The number of amides is 2. The Morgan fingerprint density at radius 2 is 1.73 bits per heavy atom. The molecule has 1 fully saturated rings. The average Bonchev–Trinajstić information content (AvgIpc) is 2.90. The maximum Gasteiger partial charge on any atom is 0.223 e. The van der Waals surface area contributed by atoms with Gasteiger partial charge in [0, 0.05) is 37.4 Å². The molecule has 3 N–H and O–H groups in total. The van der Waals surface area contributed by atoms with Gasteiger partial charge in [-0.25, -0.2) is 0 Å². The number of Topliss-reactive ketones (excluding diaryl/α,β-unsaturated/α-hetero) is 1. The third-order valence-electron chi connectivity index (χ3n) is 5.49. The largest absolute Gasteiger partial charge is 0.369 e. The van der Waals surface area contributed by atoms with E-state index in [4.69, 9.17) is 5.73 Å². The summed E-state index contributed by atoms with van der Waals surface area (Å²) >= 11 is 0. The van der Waals surface area contributed by atoms with Gasteiger partial charge in [-0.1, -0.05) is 12.1 Å². The minimum atomic E-state index is -0.286. The topological polar surface area (TPSA) is 92.5 Å². The van der Waals surface area contributed by atoms with E-state index in [9.17, 15) is 14.4 Å². The monoisotopic (exact) mass is 357 g/mol. The van der Waals surface area contributed by atoms with Crippen LogP contribution in [0.4, 0.5) is 0 Å². The third kappa shape index (κ3) is 4.49. The highest BCUT2D eigenvalue weighted by atomic mass is 16.2. The predicted octanol–water partition coefficient (Wildman–Crippen LogP) is 1.06. The zero-order chi connectivity index (χ0) is 18.5. The first kappa shape index (κ1) is 18.6. The maximum absolute atomic E-state index is 12.5. The fraction of sp³-hybridized carbons (Fsp3) is 0.550. The van der Waals surface area contributed by atoms with Crippen LogP contribution in [0.25, 0.3) is 0 Å². The Balaban J connectivity index is 1.52. The molecule has 1 saturated heterocycles. The second kappa shape index (κ2) is 8.45. The number of hydrogen-bond acceptors (Lipinski definition) is 4. The van der Waals surface area contributed by atoms with Crippen LogP contribution in [0.5, 0.6) is 0 Å². The Morgan fingerprint density at radius 1 is 1.04 bits per heavy atom. The summed E-state index contributed by atoms with van der Waals surface area (Å²) in [6, 6.07) is 5.93. The molecule has 6 heteroatoms. The van der Waals surface area contributed by atoms with E-state index in [-0.39, 0.29) is 36.4 Å². The van der Waals surface area contributed by atoms with Crippen LogP contribution in [0.1, 0.15) is 47.2 Å². The van der Waals surface area contributed by atoms with Crippen molar-refractivity contribution in [2.24, 2.45) is 11.7 Å². The van der Waals surface area contributed by atoms with Gasteiger partial charge in [0.25, 0.3) is 0 Å². The lowest BCUT2D eigenvalue weighted by atomic mass is 9.95. The highest BCUT2D eigenvalue weighted by Crippen LogP contribution is 2.19. The summed E-state index contributed by atoms with van der Waals surface area (Å²) < 4.78 is 0. The summed E-state index contributed by atoms with van der Waals surface area (Å²) in [6.07, 6.45) is 3.61. The first-order chi connectivity index (χ1) is 12.5. The Labute approximate surface area is 154 Å². The average molecular weight is 357 g/mol. The summed E-state index contributed by atoms with van der Waals surface area (Å²) in [7, 11) is 0. The predicted molar refractivity (Wildman–Crippen MR) is 98.8 cm³/mol. The number of primary amides is 1. The smallest absolute Gasteiger partial charge is 0.223 e. The molecule has 2 aliphatic heterocycles. The molecule has 0 spiro atoms. The summed E-state index contributed by atoms with van der Waals surface area (Å²) in [5, 5.41) is 3.37. The van der Waals surface area contributed by atoms with E-state index in [1.165, 1.54) is 11.1 Å². The first-order valence-corrected chi connectivity index (χ1v) is 9.47. The SMILES string of the molecule is NC(=O)C1CCN(C(=O)CCC(=O)c2ccc3c(c2)CCNCC3)CC1. The zero-order valence-electron chi connectivity index (χ0n) is 15.1. The van der Waals surface area contributed by atoms with Crippen molar-refractivity contribution >= 4 is 17.6 Å². The molecule has 0 radical (unpaired) electrons. The van der Waals surface area contributed by atoms with E-state index < -0.39 is 0 Å². The van der Waals surface area contributed by atoms with Crippen LogP contribution >= 0.6 is 0 Å². The second-order valence-corrected chi connectivity index (χ2v) is 7.21. The van der Waals surface area contributed by atoms with Crippen LogP contribution in [-0.2, 0) is 22.4 Å². The quantitative estimate of drug-likeness (QED) is 0.771. The highest BCUT2D eigenvalue weighted by molar-refractivity contribution is 5.98. The van der Waals surface area contributed by atoms with E-state index in [1.807, 2.05) is 18.2 Å². The molecule has 1 aromatic carbocycles.